The minimum Gasteiger partial charge on any atom is -0.444 e. The molecule has 6 heteroatoms. The molecule has 0 atom stereocenters. The van der Waals surface area contributed by atoms with Crippen LogP contribution in [0.25, 0.3) is 0 Å². The zero-order chi connectivity index (χ0) is 14.6. The van der Waals surface area contributed by atoms with Crippen molar-refractivity contribution < 1.29 is 18.3 Å². The van der Waals surface area contributed by atoms with E-state index in [1.165, 1.54) is 0 Å². The smallest absolute Gasteiger partial charge is 0.410 e. The van der Waals surface area contributed by atoms with Gasteiger partial charge in [0.2, 0.25) is 0 Å². The highest BCUT2D eigenvalue weighted by molar-refractivity contribution is 5.68. The molecular weight excluding hydrogens is 242 g/mol. The monoisotopic (exact) mass is 266 g/mol. The molecule has 0 bridgehead atoms. The number of ether oxygens (including phenoxy) is 1. The molecular formula is C12H24F2N2O2. The summed E-state index contributed by atoms with van der Waals surface area (Å²) in [6.07, 6.45) is -1.17. The van der Waals surface area contributed by atoms with Crippen LogP contribution in [0.5, 0.6) is 0 Å². The van der Waals surface area contributed by atoms with Crippen LogP contribution in [0, 0.1) is 0 Å². The van der Waals surface area contributed by atoms with E-state index in [9.17, 15) is 13.6 Å². The van der Waals surface area contributed by atoms with Gasteiger partial charge in [0.1, 0.15) is 5.60 Å². The predicted octanol–water partition coefficient (Wildman–Crippen LogP) is 2.62. The minimum atomic E-state index is -2.99. The summed E-state index contributed by atoms with van der Waals surface area (Å²) >= 11 is 0. The molecule has 4 nitrogen and oxygen atoms in total. The fraction of sp³-hybridized carbons (Fsp3) is 0.917. The molecule has 0 spiro atoms. The molecule has 108 valence electrons. The summed E-state index contributed by atoms with van der Waals surface area (Å²) in [6, 6.07) is -0.358. The molecule has 0 unspecified atom stereocenters. The van der Waals surface area contributed by atoms with Gasteiger partial charge in [0.15, 0.2) is 0 Å². The van der Waals surface area contributed by atoms with Crippen LogP contribution in [-0.2, 0) is 4.74 Å². The average Bonchev–Trinajstić information content (AvgIpc) is 2.10. The van der Waals surface area contributed by atoms with Crippen molar-refractivity contribution in [3.8, 4) is 0 Å². The summed E-state index contributed by atoms with van der Waals surface area (Å²) in [5.74, 6) is -2.99. The lowest BCUT2D eigenvalue weighted by molar-refractivity contribution is -0.0522. The van der Waals surface area contributed by atoms with Gasteiger partial charge in [0, 0.05) is 12.5 Å². The molecule has 0 heterocycles. The van der Waals surface area contributed by atoms with Crippen molar-refractivity contribution in [3.63, 3.8) is 0 Å². The van der Waals surface area contributed by atoms with E-state index in [4.69, 9.17) is 10.5 Å². The van der Waals surface area contributed by atoms with E-state index in [1.54, 1.807) is 34.6 Å². The number of halogens is 2. The molecule has 1 amide bonds. The van der Waals surface area contributed by atoms with Crippen LogP contribution >= 0.6 is 0 Å². The zero-order valence-electron chi connectivity index (χ0n) is 11.8. The van der Waals surface area contributed by atoms with Gasteiger partial charge in [-0.05, 0) is 41.2 Å². The first-order valence-electron chi connectivity index (χ1n) is 6.06. The molecule has 0 radical (unpaired) electrons. The number of hydrogen-bond donors (Lipinski definition) is 1. The molecule has 2 N–H and O–H groups in total. The summed E-state index contributed by atoms with van der Waals surface area (Å²) in [4.78, 5) is 12.9. The Labute approximate surface area is 107 Å². The van der Waals surface area contributed by atoms with Crippen molar-refractivity contribution in [3.05, 3.63) is 0 Å². The Morgan fingerprint density at radius 1 is 1.33 bits per heavy atom. The highest BCUT2D eigenvalue weighted by Gasteiger charge is 2.35. The van der Waals surface area contributed by atoms with E-state index in [1.807, 2.05) is 0 Å². The van der Waals surface area contributed by atoms with E-state index in [2.05, 4.69) is 0 Å². The lowest BCUT2D eigenvalue weighted by atomic mass is 10.2. The fourth-order valence-corrected chi connectivity index (χ4v) is 1.32. The highest BCUT2D eigenvalue weighted by atomic mass is 19.3. The first kappa shape index (κ1) is 17.1. The Bertz CT molecular complexity index is 276. The van der Waals surface area contributed by atoms with Gasteiger partial charge in [-0.2, -0.15) is 0 Å². The van der Waals surface area contributed by atoms with E-state index >= 15 is 0 Å². The number of nitrogens with two attached hydrogens (primary N) is 1. The first-order valence-corrected chi connectivity index (χ1v) is 6.06. The molecule has 0 aromatic heterocycles. The molecule has 0 aliphatic carbocycles. The molecule has 0 aliphatic rings. The Morgan fingerprint density at radius 2 is 1.83 bits per heavy atom. The second kappa shape index (κ2) is 6.31. The first-order chi connectivity index (χ1) is 7.98. The third-order valence-corrected chi connectivity index (χ3v) is 2.16. The number of alkyl halides is 2. The molecule has 0 fully saturated rings. The van der Waals surface area contributed by atoms with Crippen molar-refractivity contribution in [2.24, 2.45) is 5.73 Å². The lowest BCUT2D eigenvalue weighted by Gasteiger charge is -2.32. The molecule has 0 saturated heterocycles. The SMILES string of the molecule is CC(C)N(CC(F)(F)CCN)C(=O)OC(C)(C)C. The van der Waals surface area contributed by atoms with Crippen molar-refractivity contribution in [1.82, 2.24) is 4.90 Å². The summed E-state index contributed by atoms with van der Waals surface area (Å²) in [5, 5.41) is 0. The van der Waals surface area contributed by atoms with Crippen LogP contribution in [-0.4, -0.2) is 41.6 Å². The van der Waals surface area contributed by atoms with Gasteiger partial charge in [-0.15, -0.1) is 0 Å². The number of carbonyl (C=O) groups excluding carboxylic acids is 1. The van der Waals surface area contributed by atoms with Gasteiger partial charge in [0.05, 0.1) is 6.54 Å². The van der Waals surface area contributed by atoms with Crippen LogP contribution in [0.2, 0.25) is 0 Å². The van der Waals surface area contributed by atoms with E-state index in [0.717, 1.165) is 4.90 Å². The van der Waals surface area contributed by atoms with Crippen LogP contribution in [0.4, 0.5) is 13.6 Å². The Balaban J connectivity index is 4.72. The molecule has 0 saturated carbocycles. The third-order valence-electron chi connectivity index (χ3n) is 2.16. The quantitative estimate of drug-likeness (QED) is 0.832. The van der Waals surface area contributed by atoms with Crippen LogP contribution in [0.3, 0.4) is 0 Å². The van der Waals surface area contributed by atoms with Gasteiger partial charge in [-0.1, -0.05) is 0 Å². The number of carbonyl (C=O) groups is 1. The second-order valence-electron chi connectivity index (χ2n) is 5.60. The summed E-state index contributed by atoms with van der Waals surface area (Å²) < 4.78 is 32.1. The molecule has 18 heavy (non-hydrogen) atoms. The average molecular weight is 266 g/mol. The number of rotatable bonds is 5. The standard InChI is InChI=1S/C12H24F2N2O2/c1-9(2)16(8-12(13,14)6-7-15)10(17)18-11(3,4)5/h9H,6-8,15H2,1-5H3. The second-order valence-corrected chi connectivity index (χ2v) is 5.60. The maximum Gasteiger partial charge on any atom is 0.410 e. The topological polar surface area (TPSA) is 55.6 Å². The largest absolute Gasteiger partial charge is 0.444 e. The van der Waals surface area contributed by atoms with Gasteiger partial charge in [-0.3, -0.25) is 4.90 Å². The molecule has 0 aromatic carbocycles. The Kier molecular flexibility index (Phi) is 5.99. The minimum absolute atomic E-state index is 0.118. The zero-order valence-corrected chi connectivity index (χ0v) is 11.8. The van der Waals surface area contributed by atoms with Crippen molar-refractivity contribution in [1.29, 1.82) is 0 Å². The van der Waals surface area contributed by atoms with Crippen LogP contribution in [0.1, 0.15) is 41.0 Å². The summed E-state index contributed by atoms with van der Waals surface area (Å²) in [5.41, 5.74) is 4.43. The molecule has 0 aliphatic heterocycles. The van der Waals surface area contributed by atoms with Crippen molar-refractivity contribution in [2.45, 2.75) is 58.6 Å². The maximum atomic E-state index is 13.5. The van der Waals surface area contributed by atoms with Gasteiger partial charge >= 0.3 is 6.09 Å². The summed E-state index contributed by atoms with van der Waals surface area (Å²) in [7, 11) is 0. The fourth-order valence-electron chi connectivity index (χ4n) is 1.32. The summed E-state index contributed by atoms with van der Waals surface area (Å²) in [6.45, 7) is 7.64. The van der Waals surface area contributed by atoms with Crippen molar-refractivity contribution in [2.75, 3.05) is 13.1 Å². The molecule has 0 aromatic rings. The van der Waals surface area contributed by atoms with Crippen LogP contribution in [0.15, 0.2) is 0 Å². The Morgan fingerprint density at radius 3 is 2.17 bits per heavy atom. The van der Waals surface area contributed by atoms with E-state index in [0.29, 0.717) is 0 Å². The Hall–Kier alpha value is -0.910. The number of amides is 1. The normalized spacial score (nSPS) is 12.7. The van der Waals surface area contributed by atoms with E-state index < -0.39 is 30.6 Å². The predicted molar refractivity (Wildman–Crippen MR) is 66.7 cm³/mol. The third kappa shape index (κ3) is 6.74. The van der Waals surface area contributed by atoms with Crippen molar-refractivity contribution >= 4 is 6.09 Å². The number of nitrogens with zero attached hydrogens (tertiary/aromatic N) is 1. The van der Waals surface area contributed by atoms with Crippen LogP contribution < -0.4 is 5.73 Å². The highest BCUT2D eigenvalue weighted by Crippen LogP contribution is 2.22. The van der Waals surface area contributed by atoms with Gasteiger partial charge in [-0.25, -0.2) is 13.6 Å². The van der Waals surface area contributed by atoms with Gasteiger partial charge < -0.3 is 10.5 Å². The maximum absolute atomic E-state index is 13.5. The lowest BCUT2D eigenvalue weighted by Crippen LogP contribution is -2.47. The van der Waals surface area contributed by atoms with Gasteiger partial charge in [0.25, 0.3) is 5.92 Å². The van der Waals surface area contributed by atoms with E-state index in [-0.39, 0.29) is 12.6 Å². The molecule has 0 rings (SSSR count). The number of hydrogen-bond acceptors (Lipinski definition) is 3.